The second-order valence-corrected chi connectivity index (χ2v) is 4.74. The smallest absolute Gasteiger partial charge is 0.332 e. The van der Waals surface area contributed by atoms with E-state index in [1.54, 1.807) is 6.07 Å². The molecule has 2 atom stereocenters. The van der Waals surface area contributed by atoms with Crippen LogP contribution >= 0.6 is 0 Å². The Morgan fingerprint density at radius 3 is 2.75 bits per heavy atom. The van der Waals surface area contributed by atoms with E-state index in [1.165, 1.54) is 0 Å². The molecular weight excluding hydrogens is 264 g/mol. The summed E-state index contributed by atoms with van der Waals surface area (Å²) in [4.78, 5) is 22.3. The number of nitrogens with one attached hydrogen (secondary N) is 2. The van der Waals surface area contributed by atoms with Crippen LogP contribution in [-0.2, 0) is 16.1 Å². The van der Waals surface area contributed by atoms with E-state index in [-0.39, 0.29) is 12.1 Å². The van der Waals surface area contributed by atoms with Gasteiger partial charge in [-0.2, -0.15) is 0 Å². The molecule has 1 aromatic rings. The van der Waals surface area contributed by atoms with Crippen molar-refractivity contribution in [3.8, 4) is 0 Å². The highest BCUT2D eigenvalue weighted by Crippen LogP contribution is 2.19. The van der Waals surface area contributed by atoms with Gasteiger partial charge in [0.1, 0.15) is 11.5 Å². The van der Waals surface area contributed by atoms with Crippen LogP contribution in [0.25, 0.3) is 0 Å². The zero-order valence-corrected chi connectivity index (χ0v) is 11.2. The van der Waals surface area contributed by atoms with Crippen molar-refractivity contribution < 1.29 is 23.8 Å². The molecule has 0 saturated carbocycles. The fourth-order valence-electron chi connectivity index (χ4n) is 2.05. The van der Waals surface area contributed by atoms with Crippen LogP contribution in [0.4, 0.5) is 4.79 Å². The average Bonchev–Trinajstić information content (AvgIpc) is 3.03. The van der Waals surface area contributed by atoms with Gasteiger partial charge in [-0.1, -0.05) is 0 Å². The molecule has 1 aromatic heterocycles. The van der Waals surface area contributed by atoms with Gasteiger partial charge in [-0.05, 0) is 31.9 Å². The van der Waals surface area contributed by atoms with Gasteiger partial charge in [-0.25, -0.2) is 9.59 Å². The Kier molecular flexibility index (Phi) is 4.62. The maximum absolute atomic E-state index is 11.6. The van der Waals surface area contributed by atoms with Gasteiger partial charge < -0.3 is 24.9 Å². The first-order valence-electron chi connectivity index (χ1n) is 6.50. The number of aliphatic carboxylic acids is 1. The maximum Gasteiger partial charge on any atom is 0.332 e. The molecule has 20 heavy (non-hydrogen) atoms. The minimum absolute atomic E-state index is 0.243. The summed E-state index contributed by atoms with van der Waals surface area (Å²) in [5.74, 6) is 0.520. The molecule has 1 aliphatic heterocycles. The first-order valence-corrected chi connectivity index (χ1v) is 6.50. The van der Waals surface area contributed by atoms with E-state index in [0.29, 0.717) is 31.7 Å². The second kappa shape index (κ2) is 6.42. The number of carboxylic acid groups (broad SMARTS) is 1. The molecule has 3 N–H and O–H groups in total. The summed E-state index contributed by atoms with van der Waals surface area (Å²) in [6.45, 7) is 2.44. The molecule has 0 spiro atoms. The topological polar surface area (TPSA) is 101 Å². The molecule has 0 radical (unpaired) electrons. The molecule has 2 rings (SSSR count). The summed E-state index contributed by atoms with van der Waals surface area (Å²) in [5.41, 5.74) is 0. The minimum Gasteiger partial charge on any atom is -0.479 e. The summed E-state index contributed by atoms with van der Waals surface area (Å²) in [7, 11) is 0. The molecule has 2 heterocycles. The molecule has 7 nitrogen and oxygen atoms in total. The Morgan fingerprint density at radius 2 is 2.15 bits per heavy atom. The van der Waals surface area contributed by atoms with Crippen LogP contribution in [0.3, 0.4) is 0 Å². The first-order chi connectivity index (χ1) is 9.54. The predicted molar refractivity (Wildman–Crippen MR) is 69.2 cm³/mol. The highest BCUT2D eigenvalue weighted by Gasteiger charge is 2.30. The van der Waals surface area contributed by atoms with Crippen molar-refractivity contribution >= 4 is 12.0 Å². The van der Waals surface area contributed by atoms with Crippen molar-refractivity contribution in [2.24, 2.45) is 0 Å². The van der Waals surface area contributed by atoms with Crippen LogP contribution < -0.4 is 10.6 Å². The third-order valence-electron chi connectivity index (χ3n) is 3.09. The van der Waals surface area contributed by atoms with E-state index in [0.717, 1.165) is 5.76 Å². The number of carbonyl (C=O) groups excluding carboxylic acids is 1. The SMILES string of the molecule is Cc1ccc(CNC(=O)NCC2CCC(C(=O)O)O2)o1. The summed E-state index contributed by atoms with van der Waals surface area (Å²) >= 11 is 0. The van der Waals surface area contributed by atoms with Gasteiger partial charge in [0, 0.05) is 6.54 Å². The molecular formula is C13H18N2O5. The number of hydrogen-bond acceptors (Lipinski definition) is 4. The van der Waals surface area contributed by atoms with E-state index in [4.69, 9.17) is 14.3 Å². The van der Waals surface area contributed by atoms with Gasteiger partial charge in [-0.3, -0.25) is 0 Å². The van der Waals surface area contributed by atoms with Gasteiger partial charge in [0.05, 0.1) is 12.6 Å². The second-order valence-electron chi connectivity index (χ2n) is 4.74. The van der Waals surface area contributed by atoms with E-state index in [1.807, 2.05) is 13.0 Å². The fraction of sp³-hybridized carbons (Fsp3) is 0.538. The van der Waals surface area contributed by atoms with Gasteiger partial charge in [0.2, 0.25) is 0 Å². The van der Waals surface area contributed by atoms with Crippen LogP contribution in [0.15, 0.2) is 16.5 Å². The largest absolute Gasteiger partial charge is 0.479 e. The Balaban J connectivity index is 1.64. The van der Waals surface area contributed by atoms with Gasteiger partial charge in [-0.15, -0.1) is 0 Å². The molecule has 2 unspecified atom stereocenters. The monoisotopic (exact) mass is 282 g/mol. The lowest BCUT2D eigenvalue weighted by Crippen LogP contribution is -2.39. The molecule has 7 heteroatoms. The van der Waals surface area contributed by atoms with Crippen molar-refractivity contribution in [1.82, 2.24) is 10.6 Å². The van der Waals surface area contributed by atoms with Crippen LogP contribution in [0.1, 0.15) is 24.4 Å². The number of rotatable bonds is 5. The molecule has 0 aliphatic carbocycles. The van der Waals surface area contributed by atoms with Crippen LogP contribution in [-0.4, -0.2) is 35.9 Å². The third kappa shape index (κ3) is 3.99. The zero-order chi connectivity index (χ0) is 14.5. The number of ether oxygens (including phenoxy) is 1. The third-order valence-corrected chi connectivity index (χ3v) is 3.09. The van der Waals surface area contributed by atoms with Gasteiger partial charge in [0.15, 0.2) is 6.10 Å². The zero-order valence-electron chi connectivity index (χ0n) is 11.2. The Labute approximate surface area is 116 Å². The van der Waals surface area contributed by atoms with Crippen molar-refractivity contribution in [2.75, 3.05) is 6.54 Å². The number of furan rings is 1. The molecule has 0 bridgehead atoms. The lowest BCUT2D eigenvalue weighted by atomic mass is 10.2. The number of urea groups is 1. The van der Waals surface area contributed by atoms with Crippen molar-refractivity contribution in [2.45, 2.75) is 38.5 Å². The fourth-order valence-corrected chi connectivity index (χ4v) is 2.05. The van der Waals surface area contributed by atoms with Crippen molar-refractivity contribution in [3.63, 3.8) is 0 Å². The summed E-state index contributed by atoms with van der Waals surface area (Å²) < 4.78 is 10.6. The van der Waals surface area contributed by atoms with E-state index >= 15 is 0 Å². The van der Waals surface area contributed by atoms with E-state index in [9.17, 15) is 9.59 Å². The number of aryl methyl sites for hydroxylation is 1. The lowest BCUT2D eigenvalue weighted by Gasteiger charge is -2.12. The Hall–Kier alpha value is -2.02. The Morgan fingerprint density at radius 1 is 1.35 bits per heavy atom. The Bertz CT molecular complexity index is 485. The van der Waals surface area contributed by atoms with Crippen LogP contribution in [0.2, 0.25) is 0 Å². The summed E-state index contributed by atoms with van der Waals surface area (Å²) in [5, 5.41) is 14.1. The molecule has 2 amide bonds. The molecule has 0 aromatic carbocycles. The van der Waals surface area contributed by atoms with Crippen LogP contribution in [0, 0.1) is 6.92 Å². The number of amides is 2. The van der Waals surface area contributed by atoms with Crippen molar-refractivity contribution in [1.29, 1.82) is 0 Å². The number of carboxylic acids is 1. The van der Waals surface area contributed by atoms with E-state index < -0.39 is 12.1 Å². The quantitative estimate of drug-likeness (QED) is 0.748. The molecule has 1 saturated heterocycles. The highest BCUT2D eigenvalue weighted by atomic mass is 16.5. The van der Waals surface area contributed by atoms with Crippen molar-refractivity contribution in [3.05, 3.63) is 23.7 Å². The first kappa shape index (κ1) is 14.4. The standard InChI is InChI=1S/C13H18N2O5/c1-8-2-3-9(19-8)6-14-13(18)15-7-10-4-5-11(20-10)12(16)17/h2-3,10-11H,4-7H2,1H3,(H,16,17)(H2,14,15,18). The van der Waals surface area contributed by atoms with E-state index in [2.05, 4.69) is 10.6 Å². The molecule has 110 valence electrons. The normalized spacial score (nSPS) is 21.6. The maximum atomic E-state index is 11.6. The highest BCUT2D eigenvalue weighted by molar-refractivity contribution is 5.74. The minimum atomic E-state index is -0.954. The number of hydrogen-bond donors (Lipinski definition) is 3. The average molecular weight is 282 g/mol. The van der Waals surface area contributed by atoms with Gasteiger partial charge in [0.25, 0.3) is 0 Å². The predicted octanol–water partition coefficient (Wildman–Crippen LogP) is 1.02. The lowest BCUT2D eigenvalue weighted by molar-refractivity contribution is -0.149. The molecule has 1 aliphatic rings. The summed E-state index contributed by atoms with van der Waals surface area (Å²) in [6, 6.07) is 3.29. The molecule has 1 fully saturated rings. The number of carbonyl (C=O) groups is 2. The van der Waals surface area contributed by atoms with Gasteiger partial charge >= 0.3 is 12.0 Å². The summed E-state index contributed by atoms with van der Waals surface area (Å²) in [6.07, 6.45) is 0.118. The van der Waals surface area contributed by atoms with Crippen LogP contribution in [0.5, 0.6) is 0 Å².